The highest BCUT2D eigenvalue weighted by Gasteiger charge is 2.33. The summed E-state index contributed by atoms with van der Waals surface area (Å²) in [7, 11) is 0. The third-order valence-corrected chi connectivity index (χ3v) is 4.97. The van der Waals surface area contributed by atoms with E-state index in [0.29, 0.717) is 19.4 Å². The van der Waals surface area contributed by atoms with Gasteiger partial charge in [0.25, 0.3) is 0 Å². The summed E-state index contributed by atoms with van der Waals surface area (Å²) in [5.41, 5.74) is 3.74. The molecule has 6 heteroatoms. The van der Waals surface area contributed by atoms with Crippen LogP contribution in [-0.2, 0) is 16.1 Å². The van der Waals surface area contributed by atoms with Crippen LogP contribution < -0.4 is 5.32 Å². The predicted molar refractivity (Wildman–Crippen MR) is 97.9 cm³/mol. The number of hydrogen-bond donors (Lipinski definition) is 2. The summed E-state index contributed by atoms with van der Waals surface area (Å²) in [5, 5.41) is 16.8. The van der Waals surface area contributed by atoms with Crippen LogP contribution in [0.3, 0.4) is 0 Å². The molecule has 1 aliphatic carbocycles. The number of carboxylic acid groups (broad SMARTS) is 1. The van der Waals surface area contributed by atoms with Crippen molar-refractivity contribution < 1.29 is 14.7 Å². The zero-order valence-electron chi connectivity index (χ0n) is 15.0. The lowest BCUT2D eigenvalue weighted by molar-refractivity contribution is -0.147. The van der Waals surface area contributed by atoms with Crippen molar-refractivity contribution in [2.24, 2.45) is 11.8 Å². The second kappa shape index (κ2) is 7.56. The normalized spacial score (nSPS) is 19.3. The maximum atomic E-state index is 12.6. The number of allylic oxidation sites excluding steroid dienone is 2. The highest BCUT2D eigenvalue weighted by Crippen LogP contribution is 2.26. The molecular formula is C20H23N3O3. The van der Waals surface area contributed by atoms with Crippen molar-refractivity contribution in [1.82, 2.24) is 15.1 Å². The maximum Gasteiger partial charge on any atom is 0.307 e. The molecular weight excluding hydrogens is 330 g/mol. The van der Waals surface area contributed by atoms with Crippen LogP contribution >= 0.6 is 0 Å². The standard InChI is InChI=1S/C20H23N3O3/c1-13-18(14(2)23(22-13)15-8-4-3-5-9-15)12-21-19(24)16-10-6-7-11-17(16)20(25)26/h3-9,16-17H,10-12H2,1-2H3,(H,21,24)(H,25,26)/t16-,17+/m1/s1. The summed E-state index contributed by atoms with van der Waals surface area (Å²) < 4.78 is 1.86. The quantitative estimate of drug-likeness (QED) is 0.810. The van der Waals surface area contributed by atoms with E-state index in [2.05, 4.69) is 10.4 Å². The van der Waals surface area contributed by atoms with Gasteiger partial charge in [0.2, 0.25) is 5.91 Å². The summed E-state index contributed by atoms with van der Waals surface area (Å²) >= 11 is 0. The van der Waals surface area contributed by atoms with Crippen LogP contribution in [0.5, 0.6) is 0 Å². The first kappa shape index (κ1) is 17.9. The van der Waals surface area contributed by atoms with Crippen molar-refractivity contribution in [1.29, 1.82) is 0 Å². The summed E-state index contributed by atoms with van der Waals surface area (Å²) in [4.78, 5) is 23.9. The van der Waals surface area contributed by atoms with Gasteiger partial charge in [-0.3, -0.25) is 9.59 Å². The smallest absolute Gasteiger partial charge is 0.307 e. The van der Waals surface area contributed by atoms with Gasteiger partial charge in [-0.2, -0.15) is 5.10 Å². The van der Waals surface area contributed by atoms with Gasteiger partial charge in [0, 0.05) is 17.8 Å². The number of aryl methyl sites for hydroxylation is 1. The average molecular weight is 353 g/mol. The number of carbonyl (C=O) groups excluding carboxylic acids is 1. The molecule has 0 unspecified atom stereocenters. The molecule has 0 bridgehead atoms. The number of para-hydroxylation sites is 1. The molecule has 2 aromatic rings. The van der Waals surface area contributed by atoms with Gasteiger partial charge >= 0.3 is 5.97 Å². The van der Waals surface area contributed by atoms with Crippen molar-refractivity contribution in [2.45, 2.75) is 33.2 Å². The lowest BCUT2D eigenvalue weighted by atomic mass is 9.82. The first-order valence-electron chi connectivity index (χ1n) is 8.75. The Morgan fingerprint density at radius 3 is 2.46 bits per heavy atom. The van der Waals surface area contributed by atoms with Crippen molar-refractivity contribution in [2.75, 3.05) is 0 Å². The van der Waals surface area contributed by atoms with E-state index in [-0.39, 0.29) is 5.91 Å². The SMILES string of the molecule is Cc1nn(-c2ccccc2)c(C)c1CNC(=O)[C@@H]1CC=CC[C@@H]1C(=O)O. The van der Waals surface area contributed by atoms with Crippen LogP contribution in [0.25, 0.3) is 5.69 Å². The number of rotatable bonds is 5. The minimum absolute atomic E-state index is 0.215. The molecule has 2 atom stereocenters. The fourth-order valence-corrected chi connectivity index (χ4v) is 3.43. The summed E-state index contributed by atoms with van der Waals surface area (Å²) in [6, 6.07) is 9.82. The van der Waals surface area contributed by atoms with Gasteiger partial charge in [0.1, 0.15) is 0 Å². The number of amides is 1. The molecule has 1 heterocycles. The van der Waals surface area contributed by atoms with Crippen LogP contribution in [0.4, 0.5) is 0 Å². The first-order chi connectivity index (χ1) is 12.5. The number of aromatic nitrogens is 2. The van der Waals surface area contributed by atoms with Crippen LogP contribution in [0.15, 0.2) is 42.5 Å². The second-order valence-corrected chi connectivity index (χ2v) is 6.61. The zero-order chi connectivity index (χ0) is 18.7. The number of carbonyl (C=O) groups is 2. The number of nitrogens with zero attached hydrogens (tertiary/aromatic N) is 2. The van der Waals surface area contributed by atoms with Crippen LogP contribution in [-0.4, -0.2) is 26.8 Å². The molecule has 0 spiro atoms. The number of carboxylic acids is 1. The van der Waals surface area contributed by atoms with Gasteiger partial charge in [-0.05, 0) is 38.8 Å². The molecule has 0 saturated carbocycles. The number of hydrogen-bond acceptors (Lipinski definition) is 3. The Bertz CT molecular complexity index is 839. The van der Waals surface area contributed by atoms with E-state index < -0.39 is 17.8 Å². The van der Waals surface area contributed by atoms with Crippen LogP contribution in [0.1, 0.15) is 29.8 Å². The largest absolute Gasteiger partial charge is 0.481 e. The van der Waals surface area contributed by atoms with Crippen LogP contribution in [0, 0.1) is 25.7 Å². The van der Waals surface area contributed by atoms with Crippen molar-refractivity contribution in [3.8, 4) is 5.69 Å². The molecule has 136 valence electrons. The Morgan fingerprint density at radius 1 is 1.15 bits per heavy atom. The Kier molecular flexibility index (Phi) is 5.21. The van der Waals surface area contributed by atoms with Crippen molar-refractivity contribution in [3.63, 3.8) is 0 Å². The van der Waals surface area contributed by atoms with E-state index in [1.807, 2.05) is 61.0 Å². The predicted octanol–water partition coefficient (Wildman–Crippen LogP) is 2.77. The number of aliphatic carboxylic acids is 1. The van der Waals surface area contributed by atoms with E-state index in [0.717, 1.165) is 22.6 Å². The second-order valence-electron chi connectivity index (χ2n) is 6.61. The lowest BCUT2D eigenvalue weighted by Crippen LogP contribution is -2.38. The molecule has 2 N–H and O–H groups in total. The first-order valence-corrected chi connectivity index (χ1v) is 8.75. The van der Waals surface area contributed by atoms with Gasteiger partial charge < -0.3 is 10.4 Å². The van der Waals surface area contributed by atoms with Crippen molar-refractivity contribution in [3.05, 3.63) is 59.4 Å². The molecule has 3 rings (SSSR count). The molecule has 1 aliphatic rings. The van der Waals surface area contributed by atoms with E-state index >= 15 is 0 Å². The minimum Gasteiger partial charge on any atom is -0.481 e. The Morgan fingerprint density at radius 2 is 1.81 bits per heavy atom. The molecule has 0 fully saturated rings. The van der Waals surface area contributed by atoms with Gasteiger partial charge in [0.05, 0.1) is 23.2 Å². The number of benzene rings is 1. The fourth-order valence-electron chi connectivity index (χ4n) is 3.43. The van der Waals surface area contributed by atoms with Crippen molar-refractivity contribution >= 4 is 11.9 Å². The molecule has 0 radical (unpaired) electrons. The highest BCUT2D eigenvalue weighted by atomic mass is 16.4. The summed E-state index contributed by atoms with van der Waals surface area (Å²) in [6.45, 7) is 4.23. The molecule has 0 saturated heterocycles. The monoisotopic (exact) mass is 353 g/mol. The third kappa shape index (κ3) is 3.54. The van der Waals surface area contributed by atoms with E-state index in [1.54, 1.807) is 0 Å². The third-order valence-electron chi connectivity index (χ3n) is 4.97. The Balaban J connectivity index is 1.74. The van der Waals surface area contributed by atoms with Gasteiger partial charge in [-0.25, -0.2) is 4.68 Å². The molecule has 26 heavy (non-hydrogen) atoms. The zero-order valence-corrected chi connectivity index (χ0v) is 15.0. The van der Waals surface area contributed by atoms with E-state index in [4.69, 9.17) is 0 Å². The summed E-state index contributed by atoms with van der Waals surface area (Å²) in [6.07, 6.45) is 4.58. The molecule has 1 amide bonds. The van der Waals surface area contributed by atoms with E-state index in [9.17, 15) is 14.7 Å². The maximum absolute atomic E-state index is 12.6. The molecule has 0 aliphatic heterocycles. The molecule has 1 aromatic carbocycles. The average Bonchev–Trinajstić information content (AvgIpc) is 2.94. The van der Waals surface area contributed by atoms with Gasteiger partial charge in [-0.15, -0.1) is 0 Å². The topological polar surface area (TPSA) is 84.2 Å². The summed E-state index contributed by atoms with van der Waals surface area (Å²) in [5.74, 6) is -2.32. The molecule has 6 nitrogen and oxygen atoms in total. The fraction of sp³-hybridized carbons (Fsp3) is 0.350. The Labute approximate surface area is 152 Å². The van der Waals surface area contributed by atoms with E-state index in [1.165, 1.54) is 0 Å². The highest BCUT2D eigenvalue weighted by molar-refractivity contribution is 5.85. The van der Waals surface area contributed by atoms with Gasteiger partial charge in [0.15, 0.2) is 0 Å². The van der Waals surface area contributed by atoms with Gasteiger partial charge in [-0.1, -0.05) is 30.4 Å². The lowest BCUT2D eigenvalue weighted by Gasteiger charge is -2.24. The van der Waals surface area contributed by atoms with Crippen LogP contribution in [0.2, 0.25) is 0 Å². The minimum atomic E-state index is -0.918. The number of nitrogens with one attached hydrogen (secondary N) is 1. The molecule has 1 aromatic heterocycles. The Hall–Kier alpha value is -2.89.